The molecule has 0 aromatic heterocycles. The van der Waals surface area contributed by atoms with Crippen molar-refractivity contribution in [3.63, 3.8) is 0 Å². The number of halogens is 11. The molecule has 0 bridgehead atoms. The fourth-order valence-corrected chi connectivity index (χ4v) is 1.49. The fourth-order valence-electron chi connectivity index (χ4n) is 1.49. The van der Waals surface area contributed by atoms with Crippen LogP contribution in [0.15, 0.2) is 11.7 Å². The zero-order chi connectivity index (χ0) is 20.3. The first-order chi connectivity index (χ1) is 11.0. The summed E-state index contributed by atoms with van der Waals surface area (Å²) in [7, 11) is 0. The lowest BCUT2D eigenvalue weighted by molar-refractivity contribution is -0.430. The van der Waals surface area contributed by atoms with Crippen molar-refractivity contribution in [3.8, 4) is 0 Å². The number of unbranched alkanes of at least 4 members (excludes halogenated alkanes) is 1. The Balaban J connectivity index is 4.79. The van der Waals surface area contributed by atoms with Crippen LogP contribution in [0.5, 0.6) is 0 Å². The van der Waals surface area contributed by atoms with Crippen LogP contribution in [0.3, 0.4) is 0 Å². The highest BCUT2D eigenvalue weighted by atomic mass is 19.4. The largest absolute Gasteiger partial charge is 0.478 e. The molecule has 14 heteroatoms. The van der Waals surface area contributed by atoms with Gasteiger partial charge in [0.25, 0.3) is 12.0 Å². The number of alkyl halides is 9. The van der Waals surface area contributed by atoms with E-state index in [2.05, 4.69) is 4.74 Å². The van der Waals surface area contributed by atoms with Crippen molar-refractivity contribution >= 4 is 5.97 Å². The number of carboxylic acid groups (broad SMARTS) is 1. The van der Waals surface area contributed by atoms with Crippen LogP contribution >= 0.6 is 0 Å². The molecule has 0 aliphatic heterocycles. The summed E-state index contributed by atoms with van der Waals surface area (Å²) < 4.78 is 139. The average molecular weight is 398 g/mol. The number of hydrogen-bond acceptors (Lipinski definition) is 2. The van der Waals surface area contributed by atoms with Gasteiger partial charge in [0.15, 0.2) is 5.57 Å². The minimum Gasteiger partial charge on any atom is -0.478 e. The standard InChI is InChI=1S/C11H9F11O3/c12-6(13)5(7(23)24)8(14,15)3-1-2-4-25-9(16,10(17,18)19)11(20,21)22/h1-4H2,(H,23,24). The van der Waals surface area contributed by atoms with Crippen LogP contribution in [-0.4, -0.2) is 41.8 Å². The molecule has 0 saturated carbocycles. The van der Waals surface area contributed by atoms with Gasteiger partial charge in [-0.25, -0.2) is 13.6 Å². The minimum atomic E-state index is -6.49. The molecule has 1 N–H and O–H groups in total. The lowest BCUT2D eigenvalue weighted by Crippen LogP contribution is -2.55. The van der Waals surface area contributed by atoms with Gasteiger partial charge in [-0.15, -0.1) is 0 Å². The van der Waals surface area contributed by atoms with E-state index in [9.17, 15) is 53.1 Å². The van der Waals surface area contributed by atoms with E-state index in [1.54, 1.807) is 0 Å². The van der Waals surface area contributed by atoms with Gasteiger partial charge in [-0.2, -0.15) is 39.5 Å². The van der Waals surface area contributed by atoms with Crippen LogP contribution in [0.2, 0.25) is 0 Å². The van der Waals surface area contributed by atoms with E-state index in [4.69, 9.17) is 5.11 Å². The Kier molecular flexibility index (Phi) is 7.25. The smallest absolute Gasteiger partial charge is 0.458 e. The van der Waals surface area contributed by atoms with Gasteiger partial charge in [0, 0.05) is 6.42 Å². The molecule has 0 amide bonds. The zero-order valence-electron chi connectivity index (χ0n) is 11.7. The number of carboxylic acids is 1. The summed E-state index contributed by atoms with van der Waals surface area (Å²) in [6.07, 6.45) is -19.9. The molecule has 148 valence electrons. The van der Waals surface area contributed by atoms with E-state index < -0.39 is 67.6 Å². The third kappa shape index (κ3) is 5.71. The average Bonchev–Trinajstić information content (AvgIpc) is 2.33. The van der Waals surface area contributed by atoms with Gasteiger partial charge < -0.3 is 9.84 Å². The number of hydrogen-bond donors (Lipinski definition) is 1. The summed E-state index contributed by atoms with van der Waals surface area (Å²) in [5.74, 6) is -13.3. The van der Waals surface area contributed by atoms with E-state index in [0.717, 1.165) is 0 Å². The Morgan fingerprint density at radius 3 is 1.60 bits per heavy atom. The van der Waals surface area contributed by atoms with E-state index in [1.165, 1.54) is 0 Å². The van der Waals surface area contributed by atoms with Crippen molar-refractivity contribution in [1.82, 2.24) is 0 Å². The van der Waals surface area contributed by atoms with Crippen LogP contribution < -0.4 is 0 Å². The SMILES string of the molecule is O=C(O)C(=C(F)F)C(F)(F)CCCCOC(F)(C(F)(F)F)C(F)(F)F. The molecule has 0 spiro atoms. The Bertz CT molecular complexity index is 488. The minimum absolute atomic E-state index is 1.02. The molecule has 0 saturated heterocycles. The predicted molar refractivity (Wildman–Crippen MR) is 57.6 cm³/mol. The first-order valence-corrected chi connectivity index (χ1v) is 6.10. The molecule has 0 rings (SSSR count). The summed E-state index contributed by atoms with van der Waals surface area (Å²) in [5.41, 5.74) is -2.56. The third-order valence-electron chi connectivity index (χ3n) is 2.68. The Morgan fingerprint density at radius 2 is 1.28 bits per heavy atom. The highest BCUT2D eigenvalue weighted by molar-refractivity contribution is 5.88. The molecular weight excluding hydrogens is 389 g/mol. The lowest BCUT2D eigenvalue weighted by atomic mass is 10.0. The zero-order valence-corrected chi connectivity index (χ0v) is 11.7. The first-order valence-electron chi connectivity index (χ1n) is 6.10. The second-order valence-electron chi connectivity index (χ2n) is 4.54. The van der Waals surface area contributed by atoms with Crippen molar-refractivity contribution in [3.05, 3.63) is 11.7 Å². The second-order valence-corrected chi connectivity index (χ2v) is 4.54. The molecule has 0 heterocycles. The quantitative estimate of drug-likeness (QED) is 0.362. The van der Waals surface area contributed by atoms with Crippen molar-refractivity contribution in [2.45, 2.75) is 43.4 Å². The maximum atomic E-state index is 13.2. The fraction of sp³-hybridized carbons (Fsp3) is 0.727. The molecule has 0 aromatic carbocycles. The summed E-state index contributed by atoms with van der Waals surface area (Å²) >= 11 is 0. The van der Waals surface area contributed by atoms with Crippen molar-refractivity contribution < 1.29 is 62.9 Å². The van der Waals surface area contributed by atoms with E-state index >= 15 is 0 Å². The van der Waals surface area contributed by atoms with E-state index in [-0.39, 0.29) is 0 Å². The normalized spacial score (nSPS) is 13.7. The van der Waals surface area contributed by atoms with Gasteiger partial charge in [0.1, 0.15) is 0 Å². The van der Waals surface area contributed by atoms with Crippen LogP contribution in [0.4, 0.5) is 48.3 Å². The second kappa shape index (κ2) is 7.74. The number of carbonyl (C=O) groups is 1. The van der Waals surface area contributed by atoms with E-state index in [1.807, 2.05) is 0 Å². The maximum Gasteiger partial charge on any atom is 0.458 e. The topological polar surface area (TPSA) is 46.5 Å². The monoisotopic (exact) mass is 398 g/mol. The maximum absolute atomic E-state index is 13.2. The summed E-state index contributed by atoms with van der Waals surface area (Å²) in [5, 5.41) is 8.23. The summed E-state index contributed by atoms with van der Waals surface area (Å²) in [4.78, 5) is 10.3. The van der Waals surface area contributed by atoms with Gasteiger partial charge in [-0.1, -0.05) is 0 Å². The Hall–Kier alpha value is -1.60. The summed E-state index contributed by atoms with van der Waals surface area (Å²) in [6, 6.07) is 0. The van der Waals surface area contributed by atoms with Crippen LogP contribution in [0.25, 0.3) is 0 Å². The van der Waals surface area contributed by atoms with Crippen molar-refractivity contribution in [2.75, 3.05) is 6.61 Å². The molecule has 0 aliphatic rings. The number of aliphatic carboxylic acids is 1. The highest BCUT2D eigenvalue weighted by Gasteiger charge is 2.74. The summed E-state index contributed by atoms with van der Waals surface area (Å²) in [6.45, 7) is -1.63. The number of ether oxygens (including phenoxy) is 1. The lowest BCUT2D eigenvalue weighted by Gasteiger charge is -2.29. The van der Waals surface area contributed by atoms with E-state index in [0.29, 0.717) is 0 Å². The molecule has 0 aromatic rings. The molecular formula is C11H9F11O3. The Labute approximate surface area is 132 Å². The Morgan fingerprint density at radius 1 is 0.840 bits per heavy atom. The van der Waals surface area contributed by atoms with Crippen molar-refractivity contribution in [1.29, 1.82) is 0 Å². The van der Waals surface area contributed by atoms with Crippen LogP contribution in [0.1, 0.15) is 19.3 Å². The van der Waals surface area contributed by atoms with Crippen LogP contribution in [-0.2, 0) is 9.53 Å². The van der Waals surface area contributed by atoms with Crippen molar-refractivity contribution in [2.24, 2.45) is 0 Å². The van der Waals surface area contributed by atoms with Crippen LogP contribution in [0, 0.1) is 0 Å². The van der Waals surface area contributed by atoms with Gasteiger partial charge in [0.05, 0.1) is 6.61 Å². The van der Waals surface area contributed by atoms with Gasteiger partial charge in [0.2, 0.25) is 0 Å². The molecule has 25 heavy (non-hydrogen) atoms. The third-order valence-corrected chi connectivity index (χ3v) is 2.68. The molecule has 3 nitrogen and oxygen atoms in total. The predicted octanol–water partition coefficient (Wildman–Crippen LogP) is 4.83. The van der Waals surface area contributed by atoms with Gasteiger partial charge >= 0.3 is 24.2 Å². The first kappa shape index (κ1) is 23.4. The molecule has 0 atom stereocenters. The van der Waals surface area contributed by atoms with Gasteiger partial charge in [-0.05, 0) is 12.8 Å². The molecule has 0 unspecified atom stereocenters. The molecule has 0 fully saturated rings. The van der Waals surface area contributed by atoms with Gasteiger partial charge in [-0.3, -0.25) is 0 Å². The highest BCUT2D eigenvalue weighted by Crippen LogP contribution is 2.47. The number of rotatable bonds is 8. The molecule has 0 radical (unpaired) electrons. The molecule has 0 aliphatic carbocycles.